The molecule has 2 rings (SSSR count). The van der Waals surface area contributed by atoms with Crippen molar-refractivity contribution in [2.75, 3.05) is 33.2 Å². The number of carbonyl (C=O) groups excluding carboxylic acids is 1. The van der Waals surface area contributed by atoms with Crippen molar-refractivity contribution in [3.05, 3.63) is 35.9 Å². The fraction of sp³-hybridized carbons (Fsp3) is 0.611. The lowest BCUT2D eigenvalue weighted by Gasteiger charge is -2.34. The van der Waals surface area contributed by atoms with Gasteiger partial charge in [-0.25, -0.2) is 0 Å². The van der Waals surface area contributed by atoms with Gasteiger partial charge >= 0.3 is 0 Å². The third-order valence-electron chi connectivity index (χ3n) is 4.76. The third kappa shape index (κ3) is 4.55. The molecule has 1 aliphatic rings. The highest BCUT2D eigenvalue weighted by molar-refractivity contribution is 5.75. The topological polar surface area (TPSA) is 43.8 Å². The van der Waals surface area contributed by atoms with Gasteiger partial charge in [0.25, 0.3) is 0 Å². The standard InChI is InChI=1S/C18H28N2O2/c1-3-19(2)17(21)11-14-20-12-9-16(10-13-20)18(22)15-7-5-4-6-8-15/h4-8,16,18,22H,3,9-14H2,1-2H3. The number of benzene rings is 1. The number of hydrogen-bond donors (Lipinski definition) is 1. The second-order valence-corrected chi connectivity index (χ2v) is 6.19. The average molecular weight is 304 g/mol. The monoisotopic (exact) mass is 304 g/mol. The van der Waals surface area contributed by atoms with Gasteiger partial charge in [0.05, 0.1) is 6.10 Å². The van der Waals surface area contributed by atoms with E-state index in [0.29, 0.717) is 12.3 Å². The maximum absolute atomic E-state index is 11.8. The summed E-state index contributed by atoms with van der Waals surface area (Å²) in [5.41, 5.74) is 1.01. The molecule has 4 nitrogen and oxygen atoms in total. The first-order valence-corrected chi connectivity index (χ1v) is 8.31. The van der Waals surface area contributed by atoms with E-state index in [1.807, 2.05) is 44.3 Å². The summed E-state index contributed by atoms with van der Waals surface area (Å²) < 4.78 is 0. The van der Waals surface area contributed by atoms with Crippen LogP contribution in [0.1, 0.15) is 37.9 Å². The Balaban J connectivity index is 1.75. The van der Waals surface area contributed by atoms with Gasteiger partial charge in [0.1, 0.15) is 0 Å². The van der Waals surface area contributed by atoms with E-state index in [4.69, 9.17) is 0 Å². The molecule has 0 radical (unpaired) electrons. The molecule has 1 amide bonds. The van der Waals surface area contributed by atoms with Gasteiger partial charge in [-0.1, -0.05) is 30.3 Å². The number of carbonyl (C=O) groups is 1. The van der Waals surface area contributed by atoms with Crippen LogP contribution in [0.15, 0.2) is 30.3 Å². The molecule has 1 saturated heterocycles. The number of likely N-dealkylation sites (tertiary alicyclic amines) is 1. The zero-order valence-electron chi connectivity index (χ0n) is 13.7. The fourth-order valence-electron chi connectivity index (χ4n) is 3.04. The molecule has 1 heterocycles. The third-order valence-corrected chi connectivity index (χ3v) is 4.76. The van der Waals surface area contributed by atoms with Crippen molar-refractivity contribution in [2.24, 2.45) is 5.92 Å². The molecule has 1 N–H and O–H groups in total. The van der Waals surface area contributed by atoms with Gasteiger partial charge < -0.3 is 14.9 Å². The minimum atomic E-state index is -0.365. The molecule has 1 fully saturated rings. The summed E-state index contributed by atoms with van der Waals surface area (Å²) in [5.74, 6) is 0.543. The van der Waals surface area contributed by atoms with E-state index in [1.54, 1.807) is 4.90 Å². The van der Waals surface area contributed by atoms with Crippen LogP contribution in [-0.4, -0.2) is 54.0 Å². The summed E-state index contributed by atoms with van der Waals surface area (Å²) in [6.45, 7) is 5.53. The largest absolute Gasteiger partial charge is 0.388 e. The van der Waals surface area contributed by atoms with Crippen LogP contribution in [0.4, 0.5) is 0 Å². The highest BCUT2D eigenvalue weighted by Crippen LogP contribution is 2.30. The van der Waals surface area contributed by atoms with Crippen LogP contribution in [0.3, 0.4) is 0 Å². The summed E-state index contributed by atoms with van der Waals surface area (Å²) >= 11 is 0. The lowest BCUT2D eigenvalue weighted by atomic mass is 9.87. The Hall–Kier alpha value is -1.39. The molecular formula is C18H28N2O2. The Kier molecular flexibility index (Phi) is 6.40. The van der Waals surface area contributed by atoms with Gasteiger partial charge in [0.2, 0.25) is 5.91 Å². The van der Waals surface area contributed by atoms with Crippen molar-refractivity contribution in [1.29, 1.82) is 0 Å². The first kappa shape index (κ1) is 17.0. The highest BCUT2D eigenvalue weighted by atomic mass is 16.3. The Bertz CT molecular complexity index is 455. The van der Waals surface area contributed by atoms with E-state index in [-0.39, 0.29) is 12.0 Å². The molecule has 1 aromatic carbocycles. The molecule has 22 heavy (non-hydrogen) atoms. The number of hydrogen-bond acceptors (Lipinski definition) is 3. The maximum atomic E-state index is 11.8. The van der Waals surface area contributed by atoms with Gasteiger partial charge in [0.15, 0.2) is 0 Å². The van der Waals surface area contributed by atoms with Crippen LogP contribution in [0.25, 0.3) is 0 Å². The zero-order chi connectivity index (χ0) is 15.9. The zero-order valence-corrected chi connectivity index (χ0v) is 13.7. The molecule has 0 bridgehead atoms. The van der Waals surface area contributed by atoms with Gasteiger partial charge in [-0.05, 0) is 44.3 Å². The van der Waals surface area contributed by atoms with Crippen molar-refractivity contribution in [1.82, 2.24) is 9.80 Å². The van der Waals surface area contributed by atoms with Crippen molar-refractivity contribution in [3.63, 3.8) is 0 Å². The molecule has 0 aromatic heterocycles. The van der Waals surface area contributed by atoms with Crippen molar-refractivity contribution < 1.29 is 9.90 Å². The van der Waals surface area contributed by atoms with E-state index in [9.17, 15) is 9.90 Å². The summed E-state index contributed by atoms with van der Waals surface area (Å²) in [6, 6.07) is 9.92. The van der Waals surface area contributed by atoms with Gasteiger partial charge in [0, 0.05) is 26.6 Å². The lowest BCUT2D eigenvalue weighted by Crippen LogP contribution is -2.38. The maximum Gasteiger partial charge on any atom is 0.223 e. The molecular weight excluding hydrogens is 276 g/mol. The molecule has 0 saturated carbocycles. The van der Waals surface area contributed by atoms with Crippen LogP contribution in [0.5, 0.6) is 0 Å². The van der Waals surface area contributed by atoms with E-state index < -0.39 is 0 Å². The number of piperidine rings is 1. The summed E-state index contributed by atoms with van der Waals surface area (Å²) in [4.78, 5) is 15.9. The first-order chi connectivity index (χ1) is 10.6. The van der Waals surface area contributed by atoms with Gasteiger partial charge in [-0.3, -0.25) is 4.79 Å². The Morgan fingerprint density at radius 2 is 1.95 bits per heavy atom. The Morgan fingerprint density at radius 3 is 2.55 bits per heavy atom. The van der Waals surface area contributed by atoms with Gasteiger partial charge in [-0.2, -0.15) is 0 Å². The van der Waals surface area contributed by atoms with Crippen molar-refractivity contribution in [2.45, 2.75) is 32.3 Å². The Morgan fingerprint density at radius 1 is 1.32 bits per heavy atom. The number of aliphatic hydroxyl groups excluding tert-OH is 1. The van der Waals surface area contributed by atoms with Gasteiger partial charge in [-0.15, -0.1) is 0 Å². The molecule has 0 aliphatic carbocycles. The van der Waals surface area contributed by atoms with Crippen LogP contribution in [0.2, 0.25) is 0 Å². The van der Waals surface area contributed by atoms with Crippen molar-refractivity contribution in [3.8, 4) is 0 Å². The molecule has 1 aromatic rings. The number of amides is 1. The van der Waals surface area contributed by atoms with Crippen molar-refractivity contribution >= 4 is 5.91 Å². The molecule has 1 aliphatic heterocycles. The fourth-order valence-corrected chi connectivity index (χ4v) is 3.04. The lowest BCUT2D eigenvalue weighted by molar-refractivity contribution is -0.130. The minimum Gasteiger partial charge on any atom is -0.388 e. The average Bonchev–Trinajstić information content (AvgIpc) is 2.59. The molecule has 0 spiro atoms. The Labute approximate surface area is 133 Å². The minimum absolute atomic E-state index is 0.217. The van der Waals surface area contributed by atoms with Crippen LogP contribution in [-0.2, 0) is 4.79 Å². The summed E-state index contributed by atoms with van der Waals surface area (Å²) in [5, 5.41) is 10.5. The molecule has 122 valence electrons. The molecule has 4 heteroatoms. The second kappa shape index (κ2) is 8.30. The van der Waals surface area contributed by atoms with Crippen LogP contribution < -0.4 is 0 Å². The predicted molar refractivity (Wildman–Crippen MR) is 88.5 cm³/mol. The van der Waals surface area contributed by atoms with E-state index >= 15 is 0 Å². The highest BCUT2D eigenvalue weighted by Gasteiger charge is 2.26. The quantitative estimate of drug-likeness (QED) is 0.877. The van der Waals surface area contributed by atoms with E-state index in [2.05, 4.69) is 4.90 Å². The normalized spacial score (nSPS) is 18.1. The summed E-state index contributed by atoms with van der Waals surface area (Å²) in [7, 11) is 1.85. The predicted octanol–water partition coefficient (Wildman–Crippen LogP) is 2.30. The first-order valence-electron chi connectivity index (χ1n) is 8.31. The second-order valence-electron chi connectivity index (χ2n) is 6.19. The smallest absolute Gasteiger partial charge is 0.223 e. The SMILES string of the molecule is CCN(C)C(=O)CCN1CCC(C(O)c2ccccc2)CC1. The van der Waals surface area contributed by atoms with Crippen LogP contribution in [0, 0.1) is 5.92 Å². The van der Waals surface area contributed by atoms with E-state index in [0.717, 1.165) is 44.6 Å². The number of nitrogens with zero attached hydrogens (tertiary/aromatic N) is 2. The van der Waals surface area contributed by atoms with Crippen LogP contribution >= 0.6 is 0 Å². The molecule has 1 unspecified atom stereocenters. The number of aliphatic hydroxyl groups is 1. The summed E-state index contributed by atoms with van der Waals surface area (Å²) in [6.07, 6.45) is 2.22. The number of rotatable bonds is 6. The van der Waals surface area contributed by atoms with E-state index in [1.165, 1.54) is 0 Å². The molecule has 1 atom stereocenters.